The number of nitrogens with two attached hydrogens (primary N) is 1. The monoisotopic (exact) mass is 398 g/mol. The normalized spacial score (nSPS) is 16.4. The van der Waals surface area contributed by atoms with Crippen LogP contribution in [0.2, 0.25) is 0 Å². The van der Waals surface area contributed by atoms with E-state index in [1.165, 1.54) is 0 Å². The molecule has 7 heteroatoms. The number of nitrogens with zero attached hydrogens (tertiary/aromatic N) is 2. The minimum absolute atomic E-state index is 0.102. The first kappa shape index (κ1) is 15.0. The lowest BCUT2D eigenvalue weighted by Gasteiger charge is -2.22. The fraction of sp³-hybridized carbons (Fsp3) is 0.0588. The van der Waals surface area contributed by atoms with Crippen molar-refractivity contribution in [2.75, 3.05) is 0 Å². The summed E-state index contributed by atoms with van der Waals surface area (Å²) in [5, 5.41) is 16.9. The Morgan fingerprint density at radius 2 is 2.04 bits per heavy atom. The Morgan fingerprint density at radius 1 is 1.25 bits per heavy atom. The van der Waals surface area contributed by atoms with Crippen LogP contribution in [0.1, 0.15) is 16.4 Å². The molecule has 0 fully saturated rings. The summed E-state index contributed by atoms with van der Waals surface area (Å²) in [6.07, 6.45) is 0. The number of rotatable bonds is 2. The van der Waals surface area contributed by atoms with Gasteiger partial charge in [0.15, 0.2) is 0 Å². The molecule has 3 heterocycles. The van der Waals surface area contributed by atoms with Crippen LogP contribution in [-0.4, -0.2) is 10.2 Å². The second kappa shape index (κ2) is 5.82. The summed E-state index contributed by atoms with van der Waals surface area (Å²) in [5.41, 5.74) is 9.01. The number of aromatic nitrogens is 2. The molecule has 0 bridgehead atoms. The van der Waals surface area contributed by atoms with Gasteiger partial charge in [0.05, 0.1) is 21.0 Å². The number of nitriles is 1. The van der Waals surface area contributed by atoms with Crippen molar-refractivity contribution in [2.45, 2.75) is 5.92 Å². The lowest BCUT2D eigenvalue weighted by atomic mass is 9.87. The first-order valence-corrected chi connectivity index (χ1v) is 8.76. The van der Waals surface area contributed by atoms with Crippen LogP contribution in [0.4, 0.5) is 0 Å². The fourth-order valence-corrected chi connectivity index (χ4v) is 4.38. The van der Waals surface area contributed by atoms with Gasteiger partial charge >= 0.3 is 0 Å². The molecule has 1 aliphatic heterocycles. The van der Waals surface area contributed by atoms with E-state index in [0.29, 0.717) is 11.5 Å². The molecule has 24 heavy (non-hydrogen) atoms. The average Bonchev–Trinajstić information content (AvgIpc) is 3.20. The second-order valence-corrected chi connectivity index (χ2v) is 7.74. The van der Waals surface area contributed by atoms with Crippen molar-refractivity contribution < 1.29 is 4.74 Å². The second-order valence-electron chi connectivity index (χ2n) is 5.25. The summed E-state index contributed by atoms with van der Waals surface area (Å²) in [5.74, 6) is 0.217. The van der Waals surface area contributed by atoms with Crippen molar-refractivity contribution in [3.63, 3.8) is 0 Å². The van der Waals surface area contributed by atoms with Crippen molar-refractivity contribution in [1.82, 2.24) is 10.2 Å². The Hall–Kier alpha value is -2.56. The van der Waals surface area contributed by atoms with E-state index in [1.807, 2.05) is 42.5 Å². The molecular weight excluding hydrogens is 388 g/mol. The molecule has 0 aliphatic carbocycles. The van der Waals surface area contributed by atoms with Gasteiger partial charge in [-0.25, -0.2) is 0 Å². The Morgan fingerprint density at radius 3 is 2.71 bits per heavy atom. The first-order valence-electron chi connectivity index (χ1n) is 7.15. The molecule has 0 saturated heterocycles. The van der Waals surface area contributed by atoms with Crippen molar-refractivity contribution >= 4 is 27.3 Å². The molecule has 3 aromatic rings. The quantitative estimate of drug-likeness (QED) is 0.679. The van der Waals surface area contributed by atoms with Crippen LogP contribution >= 0.6 is 27.3 Å². The molecule has 0 saturated carbocycles. The standard InChI is InChI=1S/C17H11BrN4OS/c18-12-7-6-11(24-12)13-10(8-19)16(20)23-17-14(13)15(21-22-17)9-4-2-1-3-5-9/h1-7,13H,20H2,(H,21,22)/t13-/m1/s1. The van der Waals surface area contributed by atoms with E-state index in [4.69, 9.17) is 10.5 Å². The molecule has 3 N–H and O–H groups in total. The highest BCUT2D eigenvalue weighted by Gasteiger charge is 2.36. The Labute approximate surface area is 150 Å². The summed E-state index contributed by atoms with van der Waals surface area (Å²) in [6, 6.07) is 16.0. The van der Waals surface area contributed by atoms with E-state index in [1.54, 1.807) is 11.3 Å². The Kier molecular flexibility index (Phi) is 3.63. The van der Waals surface area contributed by atoms with Gasteiger partial charge in [0.2, 0.25) is 11.8 Å². The van der Waals surface area contributed by atoms with E-state index in [-0.39, 0.29) is 11.8 Å². The molecule has 4 rings (SSSR count). The van der Waals surface area contributed by atoms with E-state index < -0.39 is 0 Å². The molecule has 2 aromatic heterocycles. The van der Waals surface area contributed by atoms with Crippen LogP contribution in [0.25, 0.3) is 11.3 Å². The molecule has 1 aliphatic rings. The number of hydrogen-bond donors (Lipinski definition) is 2. The van der Waals surface area contributed by atoms with Gasteiger partial charge in [-0.1, -0.05) is 30.3 Å². The zero-order valence-electron chi connectivity index (χ0n) is 12.3. The van der Waals surface area contributed by atoms with Gasteiger partial charge in [-0.3, -0.25) is 5.10 Å². The number of benzene rings is 1. The van der Waals surface area contributed by atoms with Gasteiger partial charge in [-0.05, 0) is 33.6 Å². The minimum atomic E-state index is -0.302. The highest BCUT2D eigenvalue weighted by Crippen LogP contribution is 2.47. The van der Waals surface area contributed by atoms with Crippen LogP contribution in [0.15, 0.2) is 57.7 Å². The van der Waals surface area contributed by atoms with E-state index in [2.05, 4.69) is 32.2 Å². The highest BCUT2D eigenvalue weighted by atomic mass is 79.9. The summed E-state index contributed by atoms with van der Waals surface area (Å²) in [6.45, 7) is 0. The number of ether oxygens (including phenoxy) is 1. The Bertz CT molecular complexity index is 984. The van der Waals surface area contributed by atoms with Gasteiger partial charge in [0.1, 0.15) is 11.6 Å². The largest absolute Gasteiger partial charge is 0.420 e. The van der Waals surface area contributed by atoms with Crippen molar-refractivity contribution in [3.05, 3.63) is 68.1 Å². The third-order valence-corrected chi connectivity index (χ3v) is 5.57. The van der Waals surface area contributed by atoms with Crippen LogP contribution in [0, 0.1) is 11.3 Å². The highest BCUT2D eigenvalue weighted by molar-refractivity contribution is 9.11. The number of nitrogens with one attached hydrogen (secondary N) is 1. The molecule has 1 aromatic carbocycles. The molecule has 0 spiro atoms. The van der Waals surface area contributed by atoms with Crippen LogP contribution in [-0.2, 0) is 0 Å². The summed E-state index contributed by atoms with van der Waals surface area (Å²) < 4.78 is 6.57. The number of fused-ring (bicyclic) bond motifs is 1. The average molecular weight is 399 g/mol. The zero-order valence-corrected chi connectivity index (χ0v) is 14.7. The van der Waals surface area contributed by atoms with Gasteiger partial charge in [-0.15, -0.1) is 16.4 Å². The van der Waals surface area contributed by atoms with Crippen molar-refractivity contribution in [2.24, 2.45) is 5.73 Å². The van der Waals surface area contributed by atoms with Crippen LogP contribution in [0.5, 0.6) is 5.88 Å². The molecule has 0 amide bonds. The number of H-pyrrole nitrogens is 1. The number of allylic oxidation sites excluding steroid dienone is 1. The van der Waals surface area contributed by atoms with Gasteiger partial charge in [0.25, 0.3) is 0 Å². The van der Waals surface area contributed by atoms with E-state index in [9.17, 15) is 5.26 Å². The molecular formula is C17H11BrN4OS. The van der Waals surface area contributed by atoms with Crippen molar-refractivity contribution in [3.8, 4) is 23.2 Å². The van der Waals surface area contributed by atoms with Crippen molar-refractivity contribution in [1.29, 1.82) is 5.26 Å². The molecule has 0 unspecified atom stereocenters. The third kappa shape index (κ3) is 2.31. The summed E-state index contributed by atoms with van der Waals surface area (Å²) in [4.78, 5) is 1.00. The molecule has 1 atom stereocenters. The predicted molar refractivity (Wildman–Crippen MR) is 95.3 cm³/mol. The maximum atomic E-state index is 9.62. The summed E-state index contributed by atoms with van der Waals surface area (Å²) in [7, 11) is 0. The SMILES string of the molecule is N#CC1=C(N)Oc2n[nH]c(-c3ccccc3)c2[C@H]1c1ccc(Br)s1. The molecule has 118 valence electrons. The fourth-order valence-electron chi connectivity index (χ4n) is 2.84. The summed E-state index contributed by atoms with van der Waals surface area (Å²) >= 11 is 5.05. The Balaban J connectivity index is 1.96. The predicted octanol–water partition coefficient (Wildman–Crippen LogP) is 4.12. The number of thiophene rings is 1. The molecule has 0 radical (unpaired) electrons. The van der Waals surface area contributed by atoms with E-state index >= 15 is 0 Å². The lowest BCUT2D eigenvalue weighted by molar-refractivity contribution is 0.379. The number of halogens is 1. The van der Waals surface area contributed by atoms with Gasteiger partial charge < -0.3 is 10.5 Å². The maximum absolute atomic E-state index is 9.62. The van der Waals surface area contributed by atoms with Gasteiger partial charge in [0, 0.05) is 4.88 Å². The molecule has 5 nitrogen and oxygen atoms in total. The number of hydrogen-bond acceptors (Lipinski definition) is 5. The maximum Gasteiger partial charge on any atom is 0.244 e. The van der Waals surface area contributed by atoms with Crippen LogP contribution < -0.4 is 10.5 Å². The van der Waals surface area contributed by atoms with E-state index in [0.717, 1.165) is 25.5 Å². The van der Waals surface area contributed by atoms with Gasteiger partial charge in [-0.2, -0.15) is 5.26 Å². The zero-order chi connectivity index (χ0) is 16.7. The third-order valence-electron chi connectivity index (χ3n) is 3.88. The number of aromatic amines is 1. The first-order chi connectivity index (χ1) is 11.7. The topological polar surface area (TPSA) is 87.7 Å². The smallest absolute Gasteiger partial charge is 0.244 e. The lowest BCUT2D eigenvalue weighted by Crippen LogP contribution is -2.20. The van der Waals surface area contributed by atoms with Crippen LogP contribution in [0.3, 0.4) is 0 Å². The minimum Gasteiger partial charge on any atom is -0.420 e.